The van der Waals surface area contributed by atoms with Crippen molar-refractivity contribution in [1.29, 1.82) is 0 Å². The summed E-state index contributed by atoms with van der Waals surface area (Å²) in [6, 6.07) is 22.3. The van der Waals surface area contributed by atoms with Gasteiger partial charge in [0.2, 0.25) is 0 Å². The maximum atomic E-state index is 12.2. The van der Waals surface area contributed by atoms with E-state index in [-0.39, 0.29) is 12.1 Å². The van der Waals surface area contributed by atoms with E-state index in [9.17, 15) is 4.79 Å². The van der Waals surface area contributed by atoms with Crippen LogP contribution in [0.15, 0.2) is 60.7 Å². The monoisotopic (exact) mass is 536 g/mol. The van der Waals surface area contributed by atoms with Crippen molar-refractivity contribution >= 4 is 6.09 Å². The van der Waals surface area contributed by atoms with Gasteiger partial charge >= 0.3 is 6.09 Å². The molecule has 2 heterocycles. The second-order valence-electron chi connectivity index (χ2n) is 12.2. The lowest BCUT2D eigenvalue weighted by atomic mass is 10.1. The third-order valence-corrected chi connectivity index (χ3v) is 7.64. The molecule has 0 unspecified atom stereocenters. The number of rotatable bonds is 10. The van der Waals surface area contributed by atoms with Gasteiger partial charge in [0.15, 0.2) is 0 Å². The Bertz CT molecular complexity index is 947. The van der Waals surface area contributed by atoms with Gasteiger partial charge in [-0.05, 0) is 97.6 Å². The molecule has 0 bridgehead atoms. The number of ether oxygens (including phenoxy) is 1. The van der Waals surface area contributed by atoms with Crippen molar-refractivity contribution in [2.24, 2.45) is 0 Å². The first kappa shape index (κ1) is 31.1. The molecule has 2 saturated heterocycles. The Morgan fingerprint density at radius 2 is 1.51 bits per heavy atom. The molecule has 0 aromatic heterocycles. The third-order valence-electron chi connectivity index (χ3n) is 7.64. The summed E-state index contributed by atoms with van der Waals surface area (Å²) in [5.41, 5.74) is 2.36. The number of carbonyl (C=O) groups excluding carboxylic acids is 1. The van der Waals surface area contributed by atoms with Crippen molar-refractivity contribution in [2.45, 2.75) is 77.0 Å². The molecule has 1 N–H and O–H groups in total. The van der Waals surface area contributed by atoms with Gasteiger partial charge in [0.25, 0.3) is 0 Å². The van der Waals surface area contributed by atoms with Crippen molar-refractivity contribution in [3.05, 3.63) is 71.8 Å². The quantitative estimate of drug-likeness (QED) is 0.408. The Hall–Kier alpha value is -2.41. The molecule has 6 nitrogen and oxygen atoms in total. The first-order valence-corrected chi connectivity index (χ1v) is 14.9. The Kier molecular flexibility index (Phi) is 12.8. The van der Waals surface area contributed by atoms with Crippen LogP contribution in [0.4, 0.5) is 4.79 Å². The fourth-order valence-corrected chi connectivity index (χ4v) is 5.38. The van der Waals surface area contributed by atoms with Crippen molar-refractivity contribution in [3.63, 3.8) is 0 Å². The van der Waals surface area contributed by atoms with Crippen LogP contribution in [0.5, 0.6) is 0 Å². The van der Waals surface area contributed by atoms with E-state index in [1.807, 2.05) is 31.7 Å². The molecule has 0 aliphatic carbocycles. The van der Waals surface area contributed by atoms with Crippen molar-refractivity contribution in [2.75, 3.05) is 53.4 Å². The predicted molar refractivity (Wildman–Crippen MR) is 162 cm³/mol. The molecular formula is C33H52N4O2. The molecule has 4 rings (SSSR count). The lowest BCUT2D eigenvalue weighted by Gasteiger charge is -2.28. The molecule has 0 spiro atoms. The molecule has 2 aliphatic rings. The number of benzene rings is 2. The van der Waals surface area contributed by atoms with Crippen molar-refractivity contribution < 1.29 is 9.53 Å². The minimum atomic E-state index is -0.426. The maximum absolute atomic E-state index is 12.2. The average Bonchev–Trinajstić information content (AvgIpc) is 3.55. The van der Waals surface area contributed by atoms with E-state index in [0.29, 0.717) is 0 Å². The summed E-state index contributed by atoms with van der Waals surface area (Å²) >= 11 is 0. The van der Waals surface area contributed by atoms with Gasteiger partial charge in [-0.3, -0.25) is 0 Å². The number of likely N-dealkylation sites (tertiary alicyclic amines) is 2. The van der Waals surface area contributed by atoms with Crippen LogP contribution in [0, 0.1) is 0 Å². The first-order valence-electron chi connectivity index (χ1n) is 14.9. The van der Waals surface area contributed by atoms with Crippen LogP contribution in [-0.2, 0) is 17.6 Å². The zero-order chi connectivity index (χ0) is 28.1. The molecule has 2 aliphatic heterocycles. The third kappa shape index (κ3) is 11.7. The summed E-state index contributed by atoms with van der Waals surface area (Å²) < 4.78 is 5.49. The summed E-state index contributed by atoms with van der Waals surface area (Å²) in [6.07, 6.45) is 6.84. The normalized spacial score (nSPS) is 19.7. The Morgan fingerprint density at radius 1 is 0.923 bits per heavy atom. The van der Waals surface area contributed by atoms with Gasteiger partial charge in [0.05, 0.1) is 0 Å². The average molecular weight is 537 g/mol. The smallest absolute Gasteiger partial charge is 0.410 e. The van der Waals surface area contributed by atoms with Gasteiger partial charge in [-0.25, -0.2) is 4.79 Å². The Morgan fingerprint density at radius 3 is 2.10 bits per heavy atom. The molecule has 216 valence electrons. The lowest BCUT2D eigenvalue weighted by Crippen LogP contribution is -2.44. The minimum absolute atomic E-state index is 0.181. The Balaban J connectivity index is 0.000000223. The highest BCUT2D eigenvalue weighted by Crippen LogP contribution is 2.20. The van der Waals surface area contributed by atoms with Gasteiger partial charge in [-0.2, -0.15) is 0 Å². The molecule has 2 atom stereocenters. The fraction of sp³-hybridized carbons (Fsp3) is 0.606. The van der Waals surface area contributed by atoms with E-state index in [1.165, 1.54) is 37.1 Å². The minimum Gasteiger partial charge on any atom is -0.444 e. The number of nitrogens with one attached hydrogen (secondary N) is 1. The number of hydrogen-bond donors (Lipinski definition) is 1. The lowest BCUT2D eigenvalue weighted by molar-refractivity contribution is 0.0227. The van der Waals surface area contributed by atoms with Crippen LogP contribution >= 0.6 is 0 Å². The predicted octanol–water partition coefficient (Wildman–Crippen LogP) is 5.47. The highest BCUT2D eigenvalue weighted by molar-refractivity contribution is 5.69. The van der Waals surface area contributed by atoms with Crippen LogP contribution in [-0.4, -0.2) is 91.8 Å². The molecule has 0 radical (unpaired) electrons. The van der Waals surface area contributed by atoms with Crippen LogP contribution in [0.3, 0.4) is 0 Å². The number of carbonyl (C=O) groups is 1. The largest absolute Gasteiger partial charge is 0.444 e. The first-order chi connectivity index (χ1) is 18.7. The summed E-state index contributed by atoms with van der Waals surface area (Å²) in [6.45, 7) is 12.0. The zero-order valence-corrected chi connectivity index (χ0v) is 25.1. The van der Waals surface area contributed by atoms with Gasteiger partial charge in [0, 0.05) is 38.3 Å². The van der Waals surface area contributed by atoms with E-state index >= 15 is 0 Å². The second-order valence-corrected chi connectivity index (χ2v) is 12.2. The molecule has 2 fully saturated rings. The van der Waals surface area contributed by atoms with Gasteiger partial charge < -0.3 is 24.8 Å². The summed E-state index contributed by atoms with van der Waals surface area (Å²) in [5, 5.41) is 3.47. The molecule has 39 heavy (non-hydrogen) atoms. The van der Waals surface area contributed by atoms with E-state index in [4.69, 9.17) is 4.74 Å². The van der Waals surface area contributed by atoms with Crippen LogP contribution in [0.2, 0.25) is 0 Å². The summed E-state index contributed by atoms with van der Waals surface area (Å²) in [4.78, 5) is 19.0. The molecule has 2 aromatic carbocycles. The number of nitrogens with zero attached hydrogens (tertiary/aromatic N) is 3. The summed E-state index contributed by atoms with van der Waals surface area (Å²) in [5.74, 6) is 0. The summed E-state index contributed by atoms with van der Waals surface area (Å²) in [7, 11) is 4.50. The van der Waals surface area contributed by atoms with Crippen LogP contribution in [0.25, 0.3) is 0 Å². The van der Waals surface area contributed by atoms with Gasteiger partial charge in [-0.15, -0.1) is 0 Å². The number of hydrogen-bond acceptors (Lipinski definition) is 5. The van der Waals surface area contributed by atoms with Crippen LogP contribution in [0.1, 0.15) is 57.6 Å². The fourth-order valence-electron chi connectivity index (χ4n) is 5.38. The second kappa shape index (κ2) is 16.0. The van der Waals surface area contributed by atoms with E-state index in [0.717, 1.165) is 57.9 Å². The van der Waals surface area contributed by atoms with Gasteiger partial charge in [-0.1, -0.05) is 60.7 Å². The van der Waals surface area contributed by atoms with Crippen LogP contribution < -0.4 is 5.32 Å². The molecule has 6 heteroatoms. The van der Waals surface area contributed by atoms with Gasteiger partial charge in [0.1, 0.15) is 5.60 Å². The number of amides is 1. The molecule has 2 aromatic rings. The molecule has 0 saturated carbocycles. The number of likely N-dealkylation sites (N-methyl/N-ethyl adjacent to an activating group) is 2. The zero-order valence-electron chi connectivity index (χ0n) is 25.1. The topological polar surface area (TPSA) is 48.1 Å². The van der Waals surface area contributed by atoms with Crippen molar-refractivity contribution in [3.8, 4) is 0 Å². The Labute approximate surface area is 237 Å². The highest BCUT2D eigenvalue weighted by Gasteiger charge is 2.31. The SMILES string of the molecule is CC(C)(C)OC(=O)N1CCC[C@H]1CNCCc1ccccc1.CN(CCc1ccccc1)C[C@@H]1CCCN1C. The maximum Gasteiger partial charge on any atom is 0.410 e. The molecular weight excluding hydrogens is 484 g/mol. The molecule has 1 amide bonds. The van der Waals surface area contributed by atoms with E-state index < -0.39 is 5.60 Å². The standard InChI is InChI=1S/C18H28N2O2.C15H24N2/c1-18(2,3)22-17(21)20-13-7-10-16(20)14-19-12-11-15-8-5-4-6-9-15;1-16(13-15-9-6-11-17(15)2)12-10-14-7-4-3-5-8-14/h4-6,8-9,16,19H,7,10-14H2,1-3H3;3-5,7-8,15H,6,9-13H2,1-2H3/t16-;15-/m00/s1. The van der Waals surface area contributed by atoms with Crippen molar-refractivity contribution in [1.82, 2.24) is 20.0 Å². The van der Waals surface area contributed by atoms with E-state index in [2.05, 4.69) is 83.8 Å². The highest BCUT2D eigenvalue weighted by atomic mass is 16.6. The van der Waals surface area contributed by atoms with E-state index in [1.54, 1.807) is 0 Å².